The van der Waals surface area contributed by atoms with E-state index in [-0.39, 0.29) is 16.9 Å². The minimum Gasteiger partial charge on any atom is -0.508 e. The fourth-order valence-electron chi connectivity index (χ4n) is 2.83. The monoisotopic (exact) mass is 365 g/mol. The first-order valence-corrected chi connectivity index (χ1v) is 8.88. The number of carbonyl (C=O) groups is 2. The zero-order valence-corrected chi connectivity index (χ0v) is 14.5. The van der Waals surface area contributed by atoms with Crippen LogP contribution in [-0.4, -0.2) is 25.8 Å². The first kappa shape index (κ1) is 16.4. The van der Waals surface area contributed by atoms with Crippen LogP contribution in [0.4, 0.5) is 4.79 Å². The highest BCUT2D eigenvalue weighted by molar-refractivity contribution is 8.18. The second-order valence-electron chi connectivity index (χ2n) is 5.95. The van der Waals surface area contributed by atoms with E-state index in [2.05, 4.69) is 14.9 Å². The average molecular weight is 365 g/mol. The Morgan fingerprint density at radius 1 is 1.15 bits per heavy atom. The van der Waals surface area contributed by atoms with Gasteiger partial charge in [-0.1, -0.05) is 18.2 Å². The Bertz CT molecular complexity index is 1040. The zero-order chi connectivity index (χ0) is 18.1. The van der Waals surface area contributed by atoms with E-state index in [9.17, 15) is 14.7 Å². The standard InChI is InChI=1S/C19H15N3O3S/c23-14-4-1-12(2-5-14)7-8-22-11-20-15-6-3-13(9-16(15)22)10-17-18(24)21-19(25)26-17/h1-6,9-11,23H,7-8H2,(H,21,24,25)/b17-10+. The summed E-state index contributed by atoms with van der Waals surface area (Å²) >= 11 is 0.908. The van der Waals surface area contributed by atoms with Gasteiger partial charge in [0, 0.05) is 6.54 Å². The van der Waals surface area contributed by atoms with Gasteiger partial charge < -0.3 is 9.67 Å². The molecule has 0 saturated carbocycles. The van der Waals surface area contributed by atoms with Gasteiger partial charge in [0.1, 0.15) is 5.75 Å². The molecular formula is C19H15N3O3S. The number of hydrogen-bond donors (Lipinski definition) is 2. The number of aryl methyl sites for hydroxylation is 2. The Morgan fingerprint density at radius 3 is 2.69 bits per heavy atom. The number of nitrogens with zero attached hydrogens (tertiary/aromatic N) is 2. The van der Waals surface area contributed by atoms with Gasteiger partial charge in [-0.25, -0.2) is 4.98 Å². The third-order valence-electron chi connectivity index (χ3n) is 4.16. The van der Waals surface area contributed by atoms with E-state index < -0.39 is 0 Å². The first-order chi connectivity index (χ1) is 12.6. The van der Waals surface area contributed by atoms with Crippen molar-refractivity contribution in [1.82, 2.24) is 14.9 Å². The van der Waals surface area contributed by atoms with E-state index in [0.717, 1.165) is 46.9 Å². The summed E-state index contributed by atoms with van der Waals surface area (Å²) in [5.41, 5.74) is 3.81. The molecule has 0 spiro atoms. The second kappa shape index (κ2) is 6.68. The maximum atomic E-state index is 11.7. The van der Waals surface area contributed by atoms with E-state index in [1.165, 1.54) is 0 Å². The third-order valence-corrected chi connectivity index (χ3v) is 4.97. The lowest BCUT2D eigenvalue weighted by Crippen LogP contribution is -2.17. The molecule has 2 aromatic carbocycles. The number of thioether (sulfide) groups is 1. The van der Waals surface area contributed by atoms with Crippen LogP contribution in [0.5, 0.6) is 5.75 Å². The lowest BCUT2D eigenvalue weighted by molar-refractivity contribution is -0.115. The Hall–Kier alpha value is -3.06. The van der Waals surface area contributed by atoms with Crippen LogP contribution in [0.2, 0.25) is 0 Å². The Morgan fingerprint density at radius 2 is 1.96 bits per heavy atom. The number of amides is 2. The van der Waals surface area contributed by atoms with Gasteiger partial charge in [0.15, 0.2) is 0 Å². The third kappa shape index (κ3) is 3.34. The summed E-state index contributed by atoms with van der Waals surface area (Å²) in [7, 11) is 0. The van der Waals surface area contributed by atoms with Crippen LogP contribution in [0.3, 0.4) is 0 Å². The molecule has 1 saturated heterocycles. The molecule has 0 unspecified atom stereocenters. The molecule has 2 heterocycles. The molecule has 26 heavy (non-hydrogen) atoms. The molecule has 0 atom stereocenters. The zero-order valence-electron chi connectivity index (χ0n) is 13.7. The maximum absolute atomic E-state index is 11.7. The van der Waals surface area contributed by atoms with Crippen LogP contribution >= 0.6 is 11.8 Å². The molecule has 2 N–H and O–H groups in total. The Kier molecular flexibility index (Phi) is 4.22. The van der Waals surface area contributed by atoms with Crippen molar-refractivity contribution in [3.05, 3.63) is 64.8 Å². The molecular weight excluding hydrogens is 350 g/mol. The van der Waals surface area contributed by atoms with Gasteiger partial charge in [-0.15, -0.1) is 0 Å². The molecule has 7 heteroatoms. The lowest BCUT2D eigenvalue weighted by atomic mass is 10.1. The minimum absolute atomic E-state index is 0.256. The molecule has 6 nitrogen and oxygen atoms in total. The number of imidazole rings is 1. The first-order valence-electron chi connectivity index (χ1n) is 8.06. The molecule has 1 aromatic heterocycles. The van der Waals surface area contributed by atoms with Crippen LogP contribution in [0, 0.1) is 0 Å². The van der Waals surface area contributed by atoms with Gasteiger partial charge in [-0.3, -0.25) is 14.9 Å². The summed E-state index contributed by atoms with van der Waals surface area (Å²) in [5.74, 6) is -0.104. The number of benzene rings is 2. The molecule has 4 rings (SSSR count). The minimum atomic E-state index is -0.360. The molecule has 3 aromatic rings. The molecule has 130 valence electrons. The SMILES string of the molecule is O=C1NC(=O)/C(=C\c2ccc3ncn(CCc4ccc(O)cc4)c3c2)S1. The van der Waals surface area contributed by atoms with Crippen molar-refractivity contribution >= 4 is 40.0 Å². The van der Waals surface area contributed by atoms with E-state index in [1.54, 1.807) is 24.5 Å². The highest BCUT2D eigenvalue weighted by atomic mass is 32.2. The fourth-order valence-corrected chi connectivity index (χ4v) is 3.51. The topological polar surface area (TPSA) is 84.2 Å². The number of phenolic OH excluding ortho intramolecular Hbond substituents is 1. The van der Waals surface area contributed by atoms with E-state index in [4.69, 9.17) is 0 Å². The average Bonchev–Trinajstić information content (AvgIpc) is 3.17. The predicted molar refractivity (Wildman–Crippen MR) is 101 cm³/mol. The van der Waals surface area contributed by atoms with Crippen molar-refractivity contribution in [2.45, 2.75) is 13.0 Å². The van der Waals surface area contributed by atoms with Gasteiger partial charge in [-0.2, -0.15) is 0 Å². The van der Waals surface area contributed by atoms with Crippen LogP contribution < -0.4 is 5.32 Å². The number of hydrogen-bond acceptors (Lipinski definition) is 5. The largest absolute Gasteiger partial charge is 0.508 e. The summed E-state index contributed by atoms with van der Waals surface area (Å²) in [6.07, 6.45) is 4.31. The molecule has 0 aliphatic carbocycles. The summed E-state index contributed by atoms with van der Waals surface area (Å²) in [6.45, 7) is 0.745. The Balaban J connectivity index is 1.58. The van der Waals surface area contributed by atoms with Gasteiger partial charge in [-0.05, 0) is 59.7 Å². The number of aromatic hydroxyl groups is 1. The van der Waals surface area contributed by atoms with Crippen molar-refractivity contribution in [2.24, 2.45) is 0 Å². The van der Waals surface area contributed by atoms with Crippen molar-refractivity contribution in [2.75, 3.05) is 0 Å². The summed E-state index contributed by atoms with van der Waals surface area (Å²) in [4.78, 5) is 27.8. The lowest BCUT2D eigenvalue weighted by Gasteiger charge is -2.06. The summed E-state index contributed by atoms with van der Waals surface area (Å²) < 4.78 is 2.05. The predicted octanol–water partition coefficient (Wildman–Crippen LogP) is 3.31. The molecule has 0 bridgehead atoms. The Labute approximate surface area is 153 Å². The molecule has 2 amide bonds. The van der Waals surface area contributed by atoms with Crippen LogP contribution in [0.25, 0.3) is 17.1 Å². The quantitative estimate of drug-likeness (QED) is 0.693. The summed E-state index contributed by atoms with van der Waals surface area (Å²) in [6, 6.07) is 12.9. The van der Waals surface area contributed by atoms with Gasteiger partial charge >= 0.3 is 0 Å². The second-order valence-corrected chi connectivity index (χ2v) is 6.97. The summed E-state index contributed by atoms with van der Waals surface area (Å²) in [5, 5.41) is 11.3. The number of imide groups is 1. The fraction of sp³-hybridized carbons (Fsp3) is 0.105. The van der Waals surface area contributed by atoms with Crippen LogP contribution in [-0.2, 0) is 17.8 Å². The van der Waals surface area contributed by atoms with Gasteiger partial charge in [0.25, 0.3) is 11.1 Å². The van der Waals surface area contributed by atoms with Crippen molar-refractivity contribution in [3.63, 3.8) is 0 Å². The van der Waals surface area contributed by atoms with Crippen LogP contribution in [0.15, 0.2) is 53.7 Å². The number of phenols is 1. The molecule has 1 fully saturated rings. The highest BCUT2D eigenvalue weighted by Gasteiger charge is 2.24. The highest BCUT2D eigenvalue weighted by Crippen LogP contribution is 2.26. The normalized spacial score (nSPS) is 15.8. The number of aromatic nitrogens is 2. The van der Waals surface area contributed by atoms with Crippen molar-refractivity contribution < 1.29 is 14.7 Å². The van der Waals surface area contributed by atoms with Gasteiger partial charge in [0.05, 0.1) is 22.3 Å². The maximum Gasteiger partial charge on any atom is 0.290 e. The smallest absolute Gasteiger partial charge is 0.290 e. The number of carbonyl (C=O) groups excluding carboxylic acids is 2. The van der Waals surface area contributed by atoms with Crippen molar-refractivity contribution in [1.29, 1.82) is 0 Å². The number of nitrogens with one attached hydrogen (secondary N) is 1. The molecule has 1 aliphatic rings. The van der Waals surface area contributed by atoms with E-state index in [1.807, 2.05) is 30.3 Å². The van der Waals surface area contributed by atoms with Crippen LogP contribution in [0.1, 0.15) is 11.1 Å². The molecule has 0 radical (unpaired) electrons. The number of fused-ring (bicyclic) bond motifs is 1. The number of rotatable bonds is 4. The van der Waals surface area contributed by atoms with E-state index >= 15 is 0 Å². The van der Waals surface area contributed by atoms with E-state index in [0.29, 0.717) is 4.91 Å². The van der Waals surface area contributed by atoms with Gasteiger partial charge in [0.2, 0.25) is 0 Å². The van der Waals surface area contributed by atoms with Crippen molar-refractivity contribution in [3.8, 4) is 5.75 Å². The molecule has 1 aliphatic heterocycles.